The number of carbonyl (C=O) groups is 2. The van der Waals surface area contributed by atoms with Gasteiger partial charge in [-0.05, 0) is 55.2 Å². The zero-order valence-electron chi connectivity index (χ0n) is 17.7. The Balaban J connectivity index is 1.35. The number of carbonyl (C=O) groups excluding carboxylic acids is 2. The number of para-hydroxylation sites is 1. The van der Waals surface area contributed by atoms with E-state index in [1.165, 1.54) is 27.5 Å². The quantitative estimate of drug-likeness (QED) is 0.665. The molecule has 0 radical (unpaired) electrons. The molecule has 0 unspecified atom stereocenters. The average Bonchev–Trinajstić information content (AvgIpc) is 3.50. The molecule has 1 saturated heterocycles. The van der Waals surface area contributed by atoms with Crippen LogP contribution in [-0.4, -0.2) is 51.2 Å². The van der Waals surface area contributed by atoms with Crippen molar-refractivity contribution in [1.82, 2.24) is 0 Å². The van der Waals surface area contributed by atoms with Crippen LogP contribution in [0.2, 0.25) is 0 Å². The van der Waals surface area contributed by atoms with E-state index in [2.05, 4.69) is 41.4 Å². The van der Waals surface area contributed by atoms with Crippen LogP contribution in [0.5, 0.6) is 0 Å². The van der Waals surface area contributed by atoms with Gasteiger partial charge in [0, 0.05) is 5.69 Å². The first-order valence-electron chi connectivity index (χ1n) is 10.8. The molecule has 1 aromatic heterocycles. The minimum atomic E-state index is -0.324. The van der Waals surface area contributed by atoms with Crippen molar-refractivity contribution in [2.45, 2.75) is 32.6 Å². The van der Waals surface area contributed by atoms with Crippen molar-refractivity contribution in [2.75, 3.05) is 49.5 Å². The second-order valence-electron chi connectivity index (χ2n) is 8.14. The number of hydrogen-bond donors (Lipinski definition) is 2. The van der Waals surface area contributed by atoms with Crippen LogP contribution >= 0.6 is 11.3 Å². The standard InChI is InChI=1S/C23H29N3O3S/c1-3-29-23(28)21-18(17-8-9-17)15-30-22(21)24-20(27)14-25-10-12-26(13-11-25)19-7-5-4-6-16(19)2/h4-7,15,17H,3,8-14H2,1-2H3,(H,24,27)/p+1. The fraction of sp³-hybridized carbons (Fsp3) is 0.478. The zero-order chi connectivity index (χ0) is 21.1. The van der Waals surface area contributed by atoms with Crippen molar-refractivity contribution in [3.05, 3.63) is 46.3 Å². The van der Waals surface area contributed by atoms with Gasteiger partial charge >= 0.3 is 5.97 Å². The van der Waals surface area contributed by atoms with Crippen LogP contribution in [0.25, 0.3) is 0 Å². The number of thiophene rings is 1. The Morgan fingerprint density at radius 3 is 2.63 bits per heavy atom. The first kappa shape index (κ1) is 20.9. The molecule has 160 valence electrons. The molecule has 1 saturated carbocycles. The summed E-state index contributed by atoms with van der Waals surface area (Å²) in [6.07, 6.45) is 2.21. The molecule has 0 atom stereocenters. The van der Waals surface area contributed by atoms with E-state index < -0.39 is 0 Å². The Bertz CT molecular complexity index is 914. The fourth-order valence-electron chi connectivity index (χ4n) is 4.13. The summed E-state index contributed by atoms with van der Waals surface area (Å²) in [7, 11) is 0. The highest BCUT2D eigenvalue weighted by atomic mass is 32.1. The summed E-state index contributed by atoms with van der Waals surface area (Å²) < 4.78 is 5.25. The van der Waals surface area contributed by atoms with Crippen molar-refractivity contribution < 1.29 is 19.2 Å². The number of benzene rings is 1. The van der Waals surface area contributed by atoms with Gasteiger partial charge < -0.3 is 19.9 Å². The summed E-state index contributed by atoms with van der Waals surface area (Å²) in [5.41, 5.74) is 4.17. The van der Waals surface area contributed by atoms with Gasteiger partial charge in [0.2, 0.25) is 0 Å². The van der Waals surface area contributed by atoms with Crippen molar-refractivity contribution in [3.8, 4) is 0 Å². The topological polar surface area (TPSA) is 63.1 Å². The first-order valence-corrected chi connectivity index (χ1v) is 11.7. The highest BCUT2D eigenvalue weighted by molar-refractivity contribution is 7.15. The largest absolute Gasteiger partial charge is 0.462 e. The van der Waals surface area contributed by atoms with E-state index >= 15 is 0 Å². The van der Waals surface area contributed by atoms with Crippen LogP contribution in [-0.2, 0) is 9.53 Å². The number of amides is 1. The van der Waals surface area contributed by atoms with Gasteiger partial charge in [-0.1, -0.05) is 18.2 Å². The molecule has 6 nitrogen and oxygen atoms in total. The highest BCUT2D eigenvalue weighted by Gasteiger charge is 2.33. The zero-order valence-corrected chi connectivity index (χ0v) is 18.5. The molecule has 0 spiro atoms. The summed E-state index contributed by atoms with van der Waals surface area (Å²) >= 11 is 1.44. The lowest BCUT2D eigenvalue weighted by Crippen LogP contribution is -3.15. The molecule has 2 heterocycles. The molecule has 4 rings (SSSR count). The molecule has 7 heteroatoms. The Labute approximate surface area is 181 Å². The van der Waals surface area contributed by atoms with E-state index in [4.69, 9.17) is 4.74 Å². The van der Waals surface area contributed by atoms with Gasteiger partial charge in [0.1, 0.15) is 5.00 Å². The smallest absolute Gasteiger partial charge is 0.341 e. The number of ether oxygens (including phenoxy) is 1. The van der Waals surface area contributed by atoms with E-state index in [-0.39, 0.29) is 11.9 Å². The van der Waals surface area contributed by atoms with Crippen LogP contribution in [0, 0.1) is 6.92 Å². The molecule has 2 N–H and O–H groups in total. The second-order valence-corrected chi connectivity index (χ2v) is 9.02. The third-order valence-electron chi connectivity index (χ3n) is 5.91. The fourth-order valence-corrected chi connectivity index (χ4v) is 5.18. The normalized spacial score (nSPS) is 17.1. The molecule has 1 amide bonds. The van der Waals surface area contributed by atoms with Crippen LogP contribution in [0.15, 0.2) is 29.6 Å². The number of quaternary nitrogens is 1. The molecular formula is C23H30N3O3S+. The average molecular weight is 429 g/mol. The molecule has 0 bridgehead atoms. The van der Waals surface area contributed by atoms with Crippen molar-refractivity contribution in [1.29, 1.82) is 0 Å². The van der Waals surface area contributed by atoms with Crippen LogP contribution in [0.1, 0.15) is 47.2 Å². The van der Waals surface area contributed by atoms with Crippen LogP contribution in [0.3, 0.4) is 0 Å². The number of aryl methyl sites for hydroxylation is 1. The highest BCUT2D eigenvalue weighted by Crippen LogP contribution is 2.46. The summed E-state index contributed by atoms with van der Waals surface area (Å²) in [5.74, 6) is 0.0747. The van der Waals surface area contributed by atoms with Crippen molar-refractivity contribution in [2.24, 2.45) is 0 Å². The van der Waals surface area contributed by atoms with Crippen molar-refractivity contribution >= 4 is 33.9 Å². The third kappa shape index (κ3) is 4.68. The lowest BCUT2D eigenvalue weighted by Gasteiger charge is -2.34. The molecular weight excluding hydrogens is 398 g/mol. The molecule has 2 aliphatic rings. The maximum atomic E-state index is 12.7. The number of esters is 1. The number of rotatable bonds is 7. The lowest BCUT2D eigenvalue weighted by molar-refractivity contribution is -0.892. The minimum Gasteiger partial charge on any atom is -0.462 e. The molecule has 1 aliphatic heterocycles. The van der Waals surface area contributed by atoms with E-state index in [1.807, 2.05) is 5.38 Å². The van der Waals surface area contributed by atoms with E-state index in [0.29, 0.717) is 29.6 Å². The van der Waals surface area contributed by atoms with Crippen molar-refractivity contribution in [3.63, 3.8) is 0 Å². The third-order valence-corrected chi connectivity index (χ3v) is 6.82. The van der Waals surface area contributed by atoms with Gasteiger partial charge in [0.05, 0.1) is 38.3 Å². The first-order chi connectivity index (χ1) is 14.6. The maximum absolute atomic E-state index is 12.7. The SMILES string of the molecule is CCOC(=O)c1c(C2CC2)csc1NC(=O)C[NH+]1CCN(c2ccccc2C)CC1. The van der Waals surface area contributed by atoms with E-state index in [1.54, 1.807) is 6.92 Å². The molecule has 1 aliphatic carbocycles. The number of nitrogens with one attached hydrogen (secondary N) is 2. The molecule has 2 fully saturated rings. The summed E-state index contributed by atoms with van der Waals surface area (Å²) in [6.45, 7) is 8.41. The predicted octanol–water partition coefficient (Wildman–Crippen LogP) is 2.45. The Hall–Kier alpha value is -2.38. The predicted molar refractivity (Wildman–Crippen MR) is 120 cm³/mol. The summed E-state index contributed by atoms with van der Waals surface area (Å²) in [4.78, 5) is 28.9. The van der Waals surface area contributed by atoms with E-state index in [0.717, 1.165) is 44.6 Å². The van der Waals surface area contributed by atoms with Gasteiger partial charge in [0.25, 0.3) is 5.91 Å². The molecule has 30 heavy (non-hydrogen) atoms. The second kappa shape index (κ2) is 9.18. The number of hydrogen-bond acceptors (Lipinski definition) is 5. The van der Waals surface area contributed by atoms with Gasteiger partial charge in [-0.15, -0.1) is 11.3 Å². The maximum Gasteiger partial charge on any atom is 0.341 e. The Kier molecular flexibility index (Phi) is 6.39. The van der Waals surface area contributed by atoms with Gasteiger partial charge in [-0.25, -0.2) is 4.79 Å². The van der Waals surface area contributed by atoms with E-state index in [9.17, 15) is 9.59 Å². The minimum absolute atomic E-state index is 0.0379. The van der Waals surface area contributed by atoms with Gasteiger partial charge in [-0.2, -0.15) is 0 Å². The molecule has 2 aromatic rings. The van der Waals surface area contributed by atoms with Gasteiger partial charge in [0.15, 0.2) is 6.54 Å². The monoisotopic (exact) mass is 428 g/mol. The summed E-state index contributed by atoms with van der Waals surface area (Å²) in [5, 5.41) is 5.64. The molecule has 1 aromatic carbocycles. The number of piperazine rings is 1. The van der Waals surface area contributed by atoms with Crippen LogP contribution in [0.4, 0.5) is 10.7 Å². The van der Waals surface area contributed by atoms with Gasteiger partial charge in [-0.3, -0.25) is 4.79 Å². The van der Waals surface area contributed by atoms with Crippen LogP contribution < -0.4 is 15.1 Å². The number of anilines is 2. The lowest BCUT2D eigenvalue weighted by atomic mass is 10.1. The Morgan fingerprint density at radius 2 is 1.97 bits per heavy atom. The Morgan fingerprint density at radius 1 is 1.23 bits per heavy atom. The summed E-state index contributed by atoms with van der Waals surface area (Å²) in [6, 6.07) is 8.44. The number of nitrogens with zero attached hydrogens (tertiary/aromatic N) is 1.